The standard InChI is InChI=1S/C26H20ClN5O3/c1-15(2)30-23(34)13-32-25(18-5-3-4-16(6-18)11-28)31-24-22(26(32)35)10-20(12-29-24)19-7-17(14-33)8-21(27)9-19/h3-10,12,14-15H,13H2,1-2H3,(H,30,34). The molecule has 2 aromatic carbocycles. The number of halogens is 1. The molecule has 0 saturated carbocycles. The second kappa shape index (κ2) is 9.87. The van der Waals surface area contributed by atoms with E-state index in [4.69, 9.17) is 11.6 Å². The van der Waals surface area contributed by atoms with Gasteiger partial charge in [-0.1, -0.05) is 23.7 Å². The van der Waals surface area contributed by atoms with Crippen LogP contribution in [0.1, 0.15) is 29.8 Å². The number of aromatic nitrogens is 3. The van der Waals surface area contributed by atoms with E-state index in [1.165, 1.54) is 10.6 Å². The molecule has 1 N–H and O–H groups in total. The minimum Gasteiger partial charge on any atom is -0.352 e. The Morgan fingerprint density at radius 2 is 1.97 bits per heavy atom. The highest BCUT2D eigenvalue weighted by Gasteiger charge is 2.18. The zero-order chi connectivity index (χ0) is 25.1. The van der Waals surface area contributed by atoms with Crippen molar-refractivity contribution >= 4 is 34.8 Å². The average molecular weight is 486 g/mol. The van der Waals surface area contributed by atoms with Gasteiger partial charge in [-0.2, -0.15) is 5.26 Å². The zero-order valence-electron chi connectivity index (χ0n) is 18.9. The van der Waals surface area contributed by atoms with E-state index in [1.807, 2.05) is 13.8 Å². The van der Waals surface area contributed by atoms with Crippen LogP contribution in [0.5, 0.6) is 0 Å². The maximum atomic E-state index is 13.6. The molecule has 0 radical (unpaired) electrons. The number of nitrogens with zero attached hydrogens (tertiary/aromatic N) is 4. The van der Waals surface area contributed by atoms with Crippen molar-refractivity contribution in [3.63, 3.8) is 0 Å². The van der Waals surface area contributed by atoms with Gasteiger partial charge in [0.2, 0.25) is 5.91 Å². The quantitative estimate of drug-likeness (QED) is 0.412. The van der Waals surface area contributed by atoms with Gasteiger partial charge < -0.3 is 5.32 Å². The molecule has 2 aromatic heterocycles. The summed E-state index contributed by atoms with van der Waals surface area (Å²) in [5.41, 5.74) is 2.21. The number of carbonyl (C=O) groups excluding carboxylic acids is 2. The van der Waals surface area contributed by atoms with E-state index in [2.05, 4.69) is 21.4 Å². The normalized spacial score (nSPS) is 10.8. The van der Waals surface area contributed by atoms with E-state index in [0.717, 1.165) is 0 Å². The van der Waals surface area contributed by atoms with E-state index in [1.54, 1.807) is 48.7 Å². The smallest absolute Gasteiger partial charge is 0.263 e. The van der Waals surface area contributed by atoms with Gasteiger partial charge in [-0.25, -0.2) is 9.97 Å². The van der Waals surface area contributed by atoms with E-state index in [-0.39, 0.29) is 35.4 Å². The summed E-state index contributed by atoms with van der Waals surface area (Å²) in [6.07, 6.45) is 2.23. The summed E-state index contributed by atoms with van der Waals surface area (Å²) in [5, 5.41) is 12.7. The topological polar surface area (TPSA) is 118 Å². The lowest BCUT2D eigenvalue weighted by molar-refractivity contribution is -0.122. The third-order valence-electron chi connectivity index (χ3n) is 5.20. The lowest BCUT2D eigenvalue weighted by atomic mass is 10.0. The van der Waals surface area contributed by atoms with Crippen LogP contribution in [0.4, 0.5) is 0 Å². The van der Waals surface area contributed by atoms with Gasteiger partial charge in [0.05, 0.1) is 17.0 Å². The maximum absolute atomic E-state index is 13.6. The fourth-order valence-electron chi connectivity index (χ4n) is 3.72. The number of nitrogens with one attached hydrogen (secondary N) is 1. The van der Waals surface area contributed by atoms with E-state index in [0.29, 0.717) is 39.1 Å². The van der Waals surface area contributed by atoms with Crippen LogP contribution in [-0.2, 0) is 11.3 Å². The number of hydrogen-bond donors (Lipinski definition) is 1. The monoisotopic (exact) mass is 485 g/mol. The molecule has 174 valence electrons. The minimum absolute atomic E-state index is 0.111. The van der Waals surface area contributed by atoms with Crippen LogP contribution >= 0.6 is 11.6 Å². The van der Waals surface area contributed by atoms with Gasteiger partial charge >= 0.3 is 0 Å². The molecule has 0 spiro atoms. The minimum atomic E-state index is -0.460. The molecule has 35 heavy (non-hydrogen) atoms. The van der Waals surface area contributed by atoms with Crippen molar-refractivity contribution in [2.75, 3.05) is 0 Å². The number of rotatable bonds is 6. The van der Waals surface area contributed by atoms with Gasteiger partial charge in [0.25, 0.3) is 5.56 Å². The van der Waals surface area contributed by atoms with Crippen molar-refractivity contribution in [1.82, 2.24) is 19.9 Å². The van der Waals surface area contributed by atoms with E-state index < -0.39 is 5.56 Å². The van der Waals surface area contributed by atoms with Crippen LogP contribution in [-0.4, -0.2) is 32.8 Å². The molecule has 0 bridgehead atoms. The number of aldehydes is 1. The Kier molecular flexibility index (Phi) is 6.71. The molecule has 0 saturated heterocycles. The Bertz CT molecular complexity index is 1570. The van der Waals surface area contributed by atoms with Crippen molar-refractivity contribution in [2.45, 2.75) is 26.4 Å². The third kappa shape index (κ3) is 5.10. The third-order valence-corrected chi connectivity index (χ3v) is 5.42. The number of amides is 1. The van der Waals surface area contributed by atoms with Gasteiger partial charge in [-0.3, -0.25) is 19.0 Å². The Morgan fingerprint density at radius 1 is 1.17 bits per heavy atom. The van der Waals surface area contributed by atoms with E-state index in [9.17, 15) is 19.6 Å². The summed E-state index contributed by atoms with van der Waals surface area (Å²) in [6.45, 7) is 3.39. The Labute approximate surface area is 205 Å². The molecule has 0 unspecified atom stereocenters. The van der Waals surface area contributed by atoms with Crippen molar-refractivity contribution in [3.8, 4) is 28.6 Å². The van der Waals surface area contributed by atoms with Crippen molar-refractivity contribution < 1.29 is 9.59 Å². The predicted octanol–water partition coefficient (Wildman–Crippen LogP) is 3.99. The van der Waals surface area contributed by atoms with Gasteiger partial charge in [-0.15, -0.1) is 0 Å². The van der Waals surface area contributed by atoms with E-state index >= 15 is 0 Å². The molecule has 0 aliphatic carbocycles. The van der Waals surface area contributed by atoms with Crippen LogP contribution < -0.4 is 10.9 Å². The summed E-state index contributed by atoms with van der Waals surface area (Å²) in [4.78, 5) is 46.4. The summed E-state index contributed by atoms with van der Waals surface area (Å²) in [5.74, 6) is -0.125. The van der Waals surface area contributed by atoms with Crippen LogP contribution in [0.15, 0.2) is 59.5 Å². The molecular weight excluding hydrogens is 466 g/mol. The van der Waals surface area contributed by atoms with Crippen molar-refractivity contribution in [3.05, 3.63) is 81.2 Å². The summed E-state index contributed by atoms with van der Waals surface area (Å²) >= 11 is 6.14. The Balaban J connectivity index is 1.94. The molecule has 1 amide bonds. The van der Waals surface area contributed by atoms with Crippen LogP contribution in [0.3, 0.4) is 0 Å². The number of fused-ring (bicyclic) bond motifs is 1. The van der Waals surface area contributed by atoms with Crippen LogP contribution in [0.2, 0.25) is 5.02 Å². The first kappa shape index (κ1) is 23.8. The van der Waals surface area contributed by atoms with Crippen LogP contribution in [0, 0.1) is 11.3 Å². The highest BCUT2D eigenvalue weighted by Crippen LogP contribution is 2.26. The van der Waals surface area contributed by atoms with Gasteiger partial charge in [0.15, 0.2) is 5.65 Å². The molecule has 9 heteroatoms. The number of carbonyl (C=O) groups is 2. The molecule has 0 aliphatic rings. The van der Waals surface area contributed by atoms with Crippen molar-refractivity contribution in [2.24, 2.45) is 0 Å². The fourth-order valence-corrected chi connectivity index (χ4v) is 3.96. The highest BCUT2D eigenvalue weighted by atomic mass is 35.5. The highest BCUT2D eigenvalue weighted by molar-refractivity contribution is 6.31. The molecule has 0 atom stereocenters. The number of pyridine rings is 1. The van der Waals surface area contributed by atoms with Crippen molar-refractivity contribution in [1.29, 1.82) is 5.26 Å². The Morgan fingerprint density at radius 3 is 2.69 bits per heavy atom. The molecule has 4 rings (SSSR count). The summed E-state index contributed by atoms with van der Waals surface area (Å²) in [7, 11) is 0. The lowest BCUT2D eigenvalue weighted by Crippen LogP contribution is -2.37. The first-order valence-corrected chi connectivity index (χ1v) is 11.1. The summed E-state index contributed by atoms with van der Waals surface area (Å²) in [6, 6.07) is 15.1. The fraction of sp³-hybridized carbons (Fsp3) is 0.154. The van der Waals surface area contributed by atoms with Gasteiger partial charge in [-0.05, 0) is 55.8 Å². The first-order chi connectivity index (χ1) is 16.8. The molecule has 0 fully saturated rings. The molecular formula is C26H20ClN5O3. The second-order valence-electron chi connectivity index (χ2n) is 8.23. The largest absolute Gasteiger partial charge is 0.352 e. The van der Waals surface area contributed by atoms with Gasteiger partial charge in [0.1, 0.15) is 18.7 Å². The average Bonchev–Trinajstić information content (AvgIpc) is 2.84. The second-order valence-corrected chi connectivity index (χ2v) is 8.66. The summed E-state index contributed by atoms with van der Waals surface area (Å²) < 4.78 is 1.27. The Hall–Kier alpha value is -4.35. The lowest BCUT2D eigenvalue weighted by Gasteiger charge is -2.15. The molecule has 2 heterocycles. The number of benzene rings is 2. The molecule has 4 aromatic rings. The molecule has 8 nitrogen and oxygen atoms in total. The van der Waals surface area contributed by atoms with Gasteiger partial charge in [0, 0.05) is 34.0 Å². The predicted molar refractivity (Wildman–Crippen MR) is 133 cm³/mol. The number of nitriles is 1. The molecule has 0 aliphatic heterocycles. The SMILES string of the molecule is CC(C)NC(=O)Cn1c(-c2cccc(C#N)c2)nc2ncc(-c3cc(Cl)cc(C=O)c3)cc2c1=O. The maximum Gasteiger partial charge on any atom is 0.263 e. The zero-order valence-corrected chi connectivity index (χ0v) is 19.7. The first-order valence-electron chi connectivity index (χ1n) is 10.8. The van der Waals surface area contributed by atoms with Crippen LogP contribution in [0.25, 0.3) is 33.5 Å². The number of hydrogen-bond acceptors (Lipinski definition) is 6.